The fourth-order valence-electron chi connectivity index (χ4n) is 3.06. The fourth-order valence-corrected chi connectivity index (χ4v) is 3.06. The molecule has 0 radical (unpaired) electrons. The summed E-state index contributed by atoms with van der Waals surface area (Å²) in [7, 11) is 3.23. The van der Waals surface area contributed by atoms with E-state index < -0.39 is 0 Å². The van der Waals surface area contributed by atoms with Gasteiger partial charge < -0.3 is 9.47 Å². The van der Waals surface area contributed by atoms with E-state index in [-0.39, 0.29) is 11.6 Å². The van der Waals surface area contributed by atoms with Crippen molar-refractivity contribution in [2.75, 3.05) is 14.2 Å². The number of hydrogen-bond donors (Lipinski definition) is 0. The Morgan fingerprint density at radius 3 is 2.56 bits per heavy atom. The van der Waals surface area contributed by atoms with Crippen LogP contribution in [0.3, 0.4) is 0 Å². The van der Waals surface area contributed by atoms with Crippen LogP contribution in [-0.2, 0) is 14.3 Å². The summed E-state index contributed by atoms with van der Waals surface area (Å²) in [4.78, 5) is 11.4. The highest BCUT2D eigenvalue weighted by atomic mass is 16.5. The van der Waals surface area contributed by atoms with E-state index in [0.717, 1.165) is 12.8 Å². The monoisotopic (exact) mass is 228 g/mol. The molecule has 16 heavy (non-hydrogen) atoms. The molecule has 0 aromatic rings. The van der Waals surface area contributed by atoms with Crippen LogP contribution in [0.15, 0.2) is 0 Å². The van der Waals surface area contributed by atoms with E-state index in [1.807, 2.05) is 0 Å². The van der Waals surface area contributed by atoms with Crippen LogP contribution in [0.25, 0.3) is 0 Å². The summed E-state index contributed by atoms with van der Waals surface area (Å²) >= 11 is 0. The van der Waals surface area contributed by atoms with E-state index >= 15 is 0 Å². The van der Waals surface area contributed by atoms with Crippen LogP contribution in [0, 0.1) is 11.8 Å². The van der Waals surface area contributed by atoms with Gasteiger partial charge in [-0.1, -0.05) is 26.7 Å². The third kappa shape index (κ3) is 2.57. The minimum absolute atomic E-state index is 0.117. The molecule has 1 rings (SSSR count). The minimum Gasteiger partial charge on any atom is -0.469 e. The van der Waals surface area contributed by atoms with Crippen LogP contribution in [-0.4, -0.2) is 25.8 Å². The molecule has 1 fully saturated rings. The molecule has 1 saturated carbocycles. The number of methoxy groups -OCH3 is 2. The van der Waals surface area contributed by atoms with Gasteiger partial charge in [0.15, 0.2) is 0 Å². The van der Waals surface area contributed by atoms with Crippen LogP contribution in [0.4, 0.5) is 0 Å². The van der Waals surface area contributed by atoms with Crippen LogP contribution in [0.2, 0.25) is 0 Å². The Bertz CT molecular complexity index is 237. The van der Waals surface area contributed by atoms with Crippen molar-refractivity contribution in [1.82, 2.24) is 0 Å². The summed E-state index contributed by atoms with van der Waals surface area (Å²) in [6.45, 7) is 4.36. The first-order chi connectivity index (χ1) is 7.56. The zero-order valence-corrected chi connectivity index (χ0v) is 10.9. The van der Waals surface area contributed by atoms with E-state index in [9.17, 15) is 4.79 Å². The first-order valence-electron chi connectivity index (χ1n) is 6.18. The Balaban J connectivity index is 2.80. The first-order valence-corrected chi connectivity index (χ1v) is 6.18. The molecular weight excluding hydrogens is 204 g/mol. The largest absolute Gasteiger partial charge is 0.469 e. The van der Waals surface area contributed by atoms with Crippen LogP contribution in [0.5, 0.6) is 0 Å². The van der Waals surface area contributed by atoms with E-state index in [1.54, 1.807) is 7.11 Å². The lowest BCUT2D eigenvalue weighted by atomic mass is 9.68. The van der Waals surface area contributed by atoms with E-state index in [1.165, 1.54) is 20.0 Å². The van der Waals surface area contributed by atoms with Crippen LogP contribution in [0.1, 0.15) is 46.0 Å². The van der Waals surface area contributed by atoms with Gasteiger partial charge in [0.05, 0.1) is 19.1 Å². The summed E-state index contributed by atoms with van der Waals surface area (Å²) in [6, 6.07) is 0. The number of rotatable bonds is 4. The maximum atomic E-state index is 11.4. The SMILES string of the molecule is COC(=O)C[C@@H]1CCCC[C@@]1(OC)C(C)C. The lowest BCUT2D eigenvalue weighted by Crippen LogP contribution is -2.47. The first kappa shape index (κ1) is 13.5. The number of carbonyl (C=O) groups excluding carboxylic acids is 1. The maximum absolute atomic E-state index is 11.4. The van der Waals surface area contributed by atoms with Crippen molar-refractivity contribution < 1.29 is 14.3 Å². The zero-order chi connectivity index (χ0) is 12.2. The van der Waals surface area contributed by atoms with Gasteiger partial charge >= 0.3 is 5.97 Å². The highest BCUT2D eigenvalue weighted by molar-refractivity contribution is 5.69. The molecule has 1 aliphatic carbocycles. The number of esters is 1. The Hall–Kier alpha value is -0.570. The molecule has 94 valence electrons. The van der Waals surface area contributed by atoms with Crippen molar-refractivity contribution in [3.8, 4) is 0 Å². The molecule has 0 N–H and O–H groups in total. The molecule has 0 spiro atoms. The molecule has 2 atom stereocenters. The maximum Gasteiger partial charge on any atom is 0.305 e. The second kappa shape index (κ2) is 5.67. The Labute approximate surface area is 98.5 Å². The third-order valence-electron chi connectivity index (χ3n) is 4.06. The van der Waals surface area contributed by atoms with E-state index in [4.69, 9.17) is 9.47 Å². The predicted molar refractivity (Wildman–Crippen MR) is 63.2 cm³/mol. The van der Waals surface area contributed by atoms with E-state index in [0.29, 0.717) is 18.3 Å². The van der Waals surface area contributed by atoms with E-state index in [2.05, 4.69) is 13.8 Å². The summed E-state index contributed by atoms with van der Waals surface area (Å²) in [5, 5.41) is 0. The predicted octanol–water partition coefficient (Wildman–Crippen LogP) is 2.78. The number of hydrogen-bond acceptors (Lipinski definition) is 3. The molecule has 0 amide bonds. The van der Waals surface area contributed by atoms with Crippen molar-refractivity contribution in [3.63, 3.8) is 0 Å². The van der Waals surface area contributed by atoms with Crippen LogP contribution < -0.4 is 0 Å². The van der Waals surface area contributed by atoms with Gasteiger partial charge in [0.25, 0.3) is 0 Å². The summed E-state index contributed by atoms with van der Waals surface area (Å²) in [5.74, 6) is 0.625. The fraction of sp³-hybridized carbons (Fsp3) is 0.923. The minimum atomic E-state index is -0.132. The highest BCUT2D eigenvalue weighted by Gasteiger charge is 2.44. The molecule has 1 aliphatic rings. The molecule has 0 unspecified atom stereocenters. The molecule has 3 nitrogen and oxygen atoms in total. The Morgan fingerprint density at radius 2 is 2.06 bits per heavy atom. The van der Waals surface area contributed by atoms with Crippen LogP contribution >= 0.6 is 0 Å². The quantitative estimate of drug-likeness (QED) is 0.694. The molecule has 3 heteroatoms. The van der Waals surface area contributed by atoms with Crippen molar-refractivity contribution >= 4 is 5.97 Å². The summed E-state index contributed by atoms with van der Waals surface area (Å²) in [5.41, 5.74) is -0.132. The Kier molecular flexibility index (Phi) is 4.78. The normalized spacial score (nSPS) is 30.4. The lowest BCUT2D eigenvalue weighted by molar-refractivity contribution is -0.152. The molecule has 0 saturated heterocycles. The average Bonchev–Trinajstić information content (AvgIpc) is 2.29. The average molecular weight is 228 g/mol. The molecule has 0 aromatic carbocycles. The van der Waals surface area contributed by atoms with Crippen molar-refractivity contribution in [3.05, 3.63) is 0 Å². The van der Waals surface area contributed by atoms with Gasteiger partial charge in [-0.15, -0.1) is 0 Å². The van der Waals surface area contributed by atoms with Gasteiger partial charge in [0, 0.05) is 7.11 Å². The third-order valence-corrected chi connectivity index (χ3v) is 4.06. The van der Waals surface area contributed by atoms with Gasteiger partial charge in [-0.05, 0) is 24.7 Å². The van der Waals surface area contributed by atoms with Crippen molar-refractivity contribution in [2.45, 2.75) is 51.6 Å². The second-order valence-corrected chi connectivity index (χ2v) is 5.04. The van der Waals surface area contributed by atoms with Crippen molar-refractivity contribution in [2.24, 2.45) is 11.8 Å². The molecular formula is C13H24O3. The lowest BCUT2D eigenvalue weighted by Gasteiger charge is -2.46. The molecule has 0 aromatic heterocycles. The van der Waals surface area contributed by atoms with Gasteiger partial charge in [-0.2, -0.15) is 0 Å². The molecule has 0 aliphatic heterocycles. The smallest absolute Gasteiger partial charge is 0.305 e. The highest BCUT2D eigenvalue weighted by Crippen LogP contribution is 2.43. The molecule has 0 bridgehead atoms. The van der Waals surface area contributed by atoms with Gasteiger partial charge in [-0.25, -0.2) is 0 Å². The standard InChI is InChI=1S/C13H24O3/c1-10(2)13(16-4)8-6-5-7-11(13)9-12(14)15-3/h10-11H,5-9H2,1-4H3/t11-,13+/m0/s1. The summed E-state index contributed by atoms with van der Waals surface area (Å²) < 4.78 is 10.6. The Morgan fingerprint density at radius 1 is 1.38 bits per heavy atom. The van der Waals surface area contributed by atoms with Gasteiger partial charge in [0.2, 0.25) is 0 Å². The van der Waals surface area contributed by atoms with Crippen molar-refractivity contribution in [1.29, 1.82) is 0 Å². The summed E-state index contributed by atoms with van der Waals surface area (Å²) in [6.07, 6.45) is 5.01. The molecule has 0 heterocycles. The number of ether oxygens (including phenoxy) is 2. The van der Waals surface area contributed by atoms with Gasteiger partial charge in [0.1, 0.15) is 0 Å². The zero-order valence-electron chi connectivity index (χ0n) is 10.9. The van der Waals surface area contributed by atoms with Gasteiger partial charge in [-0.3, -0.25) is 4.79 Å². The topological polar surface area (TPSA) is 35.5 Å². The number of carbonyl (C=O) groups is 1. The second-order valence-electron chi connectivity index (χ2n) is 5.04.